The second kappa shape index (κ2) is 12.0. The number of rotatable bonds is 8. The van der Waals surface area contributed by atoms with Gasteiger partial charge in [-0.25, -0.2) is 0 Å². The minimum Gasteiger partial charge on any atom is -0.496 e. The molecule has 0 aromatic heterocycles. The minimum absolute atomic E-state index is 0.0120. The number of Topliss-reactive ketones (excluding diaryl/α,β-unsaturated/α-hetero) is 1. The van der Waals surface area contributed by atoms with Crippen molar-refractivity contribution in [2.75, 3.05) is 38.1 Å². The number of carbonyl (C=O) groups is 2. The van der Waals surface area contributed by atoms with Gasteiger partial charge in [-0.3, -0.25) is 9.59 Å². The Morgan fingerprint density at radius 3 is 2.33 bits per heavy atom. The van der Waals surface area contributed by atoms with Crippen molar-refractivity contribution in [3.63, 3.8) is 0 Å². The number of para-hydroxylation sites is 2. The second-order valence-corrected chi connectivity index (χ2v) is 11.8. The predicted molar refractivity (Wildman–Crippen MR) is 165 cm³/mol. The van der Waals surface area contributed by atoms with Gasteiger partial charge in [-0.2, -0.15) is 0 Å². The first-order chi connectivity index (χ1) is 20.1. The van der Waals surface area contributed by atoms with Crippen LogP contribution in [0.2, 0.25) is 5.02 Å². The molecule has 0 fully saturated rings. The van der Waals surface area contributed by atoms with Gasteiger partial charge >= 0.3 is 0 Å². The van der Waals surface area contributed by atoms with E-state index in [9.17, 15) is 9.59 Å². The van der Waals surface area contributed by atoms with Gasteiger partial charge in [0.2, 0.25) is 5.91 Å². The number of benzene rings is 3. The highest BCUT2D eigenvalue weighted by Gasteiger charge is 2.43. The van der Waals surface area contributed by atoms with Gasteiger partial charge in [0.25, 0.3) is 0 Å². The number of nitrogens with one attached hydrogen (secondary N) is 2. The molecule has 5 rings (SSSR count). The molecular formula is C33H36ClN3O5. The van der Waals surface area contributed by atoms with E-state index in [1.54, 1.807) is 39.5 Å². The van der Waals surface area contributed by atoms with Gasteiger partial charge in [-0.05, 0) is 47.7 Å². The van der Waals surface area contributed by atoms with Crippen molar-refractivity contribution >= 4 is 34.7 Å². The van der Waals surface area contributed by atoms with Crippen LogP contribution in [-0.2, 0) is 16.1 Å². The molecule has 1 aliphatic heterocycles. The van der Waals surface area contributed by atoms with Gasteiger partial charge in [0.05, 0.1) is 45.3 Å². The summed E-state index contributed by atoms with van der Waals surface area (Å²) in [5.41, 5.74) is 4.47. The van der Waals surface area contributed by atoms with E-state index in [0.717, 1.165) is 22.6 Å². The maximum absolute atomic E-state index is 14.0. The van der Waals surface area contributed by atoms with Crippen LogP contribution >= 0.6 is 11.6 Å². The van der Waals surface area contributed by atoms with Crippen molar-refractivity contribution in [3.05, 3.63) is 88.1 Å². The van der Waals surface area contributed by atoms with Crippen molar-refractivity contribution < 1.29 is 23.8 Å². The molecule has 3 aromatic rings. The fraction of sp³-hybridized carbons (Fsp3) is 0.333. The quantitative estimate of drug-likeness (QED) is 0.319. The summed E-state index contributed by atoms with van der Waals surface area (Å²) in [6.07, 6.45) is 1.05. The minimum atomic E-state index is -0.643. The van der Waals surface area contributed by atoms with E-state index in [2.05, 4.69) is 24.5 Å². The Labute approximate surface area is 251 Å². The first-order valence-corrected chi connectivity index (χ1v) is 14.2. The molecule has 0 bridgehead atoms. The van der Waals surface area contributed by atoms with Gasteiger partial charge in [0.15, 0.2) is 17.3 Å². The molecule has 0 saturated heterocycles. The van der Waals surface area contributed by atoms with Crippen LogP contribution in [0.3, 0.4) is 0 Å². The lowest BCUT2D eigenvalue weighted by Gasteiger charge is -2.38. The molecule has 42 heavy (non-hydrogen) atoms. The fourth-order valence-corrected chi connectivity index (χ4v) is 5.96. The molecule has 0 spiro atoms. The molecule has 1 amide bonds. The van der Waals surface area contributed by atoms with E-state index in [1.807, 2.05) is 47.4 Å². The maximum Gasteiger partial charge on any atom is 0.239 e. The average Bonchev–Trinajstić information content (AvgIpc) is 3.09. The van der Waals surface area contributed by atoms with Gasteiger partial charge in [-0.15, -0.1) is 0 Å². The number of fused-ring (bicyclic) bond motifs is 1. The molecule has 0 radical (unpaired) electrons. The molecule has 0 saturated carbocycles. The van der Waals surface area contributed by atoms with E-state index >= 15 is 0 Å². The topological polar surface area (TPSA) is 89.1 Å². The van der Waals surface area contributed by atoms with E-state index < -0.39 is 6.04 Å². The fourth-order valence-electron chi connectivity index (χ4n) is 5.83. The number of allylic oxidation sites excluding steroid dienone is 1. The SMILES string of the molecule is COc1cc(OC)c(C2C3=C(CC(C)(C)CC3=O)Nc3ccccc3N2CC(=O)NCc2ccc(Cl)cc2)cc1OC. The number of ether oxygens (including phenoxy) is 3. The molecule has 1 aliphatic carbocycles. The highest BCUT2D eigenvalue weighted by molar-refractivity contribution is 6.30. The van der Waals surface area contributed by atoms with E-state index in [0.29, 0.717) is 52.8 Å². The Balaban J connectivity index is 1.65. The summed E-state index contributed by atoms with van der Waals surface area (Å²) in [4.78, 5) is 29.6. The number of anilines is 2. The van der Waals surface area contributed by atoms with Crippen LogP contribution in [0.1, 0.15) is 43.9 Å². The lowest BCUT2D eigenvalue weighted by atomic mass is 9.73. The van der Waals surface area contributed by atoms with Crippen LogP contribution in [0.5, 0.6) is 17.2 Å². The highest BCUT2D eigenvalue weighted by atomic mass is 35.5. The van der Waals surface area contributed by atoms with Crippen LogP contribution in [0.4, 0.5) is 11.4 Å². The number of halogens is 1. The van der Waals surface area contributed by atoms with Crippen molar-refractivity contribution in [1.29, 1.82) is 0 Å². The molecule has 1 atom stereocenters. The third kappa shape index (κ3) is 5.90. The number of nitrogens with zero attached hydrogens (tertiary/aromatic N) is 1. The van der Waals surface area contributed by atoms with Crippen LogP contribution in [0.15, 0.2) is 71.9 Å². The molecule has 9 heteroatoms. The Kier molecular flexibility index (Phi) is 8.36. The zero-order chi connectivity index (χ0) is 30.0. The van der Waals surface area contributed by atoms with E-state index in [1.165, 1.54) is 0 Å². The summed E-state index contributed by atoms with van der Waals surface area (Å²) in [7, 11) is 4.71. The van der Waals surface area contributed by atoms with Gasteiger partial charge in [-0.1, -0.05) is 49.7 Å². The number of hydrogen-bond donors (Lipinski definition) is 2. The van der Waals surface area contributed by atoms with Crippen molar-refractivity contribution in [2.24, 2.45) is 5.41 Å². The summed E-state index contributed by atoms with van der Waals surface area (Å²) < 4.78 is 17.1. The van der Waals surface area contributed by atoms with Crippen molar-refractivity contribution in [2.45, 2.75) is 39.3 Å². The second-order valence-electron chi connectivity index (χ2n) is 11.4. The average molecular weight is 590 g/mol. The summed E-state index contributed by atoms with van der Waals surface area (Å²) in [6.45, 7) is 4.53. The molecule has 2 aliphatic rings. The first kappa shape index (κ1) is 29.3. The Morgan fingerprint density at radius 1 is 0.976 bits per heavy atom. The Bertz CT molecular complexity index is 1530. The predicted octanol–water partition coefficient (Wildman–Crippen LogP) is 6.30. The molecule has 1 unspecified atom stereocenters. The van der Waals surface area contributed by atoms with Crippen LogP contribution in [-0.4, -0.2) is 39.6 Å². The van der Waals surface area contributed by atoms with Crippen LogP contribution in [0, 0.1) is 5.41 Å². The summed E-state index contributed by atoms with van der Waals surface area (Å²) in [5.74, 6) is 1.35. The largest absolute Gasteiger partial charge is 0.496 e. The van der Waals surface area contributed by atoms with Crippen molar-refractivity contribution in [1.82, 2.24) is 5.32 Å². The third-order valence-electron chi connectivity index (χ3n) is 7.75. The molecule has 1 heterocycles. The van der Waals surface area contributed by atoms with Gasteiger partial charge in [0.1, 0.15) is 5.75 Å². The smallest absolute Gasteiger partial charge is 0.239 e. The third-order valence-corrected chi connectivity index (χ3v) is 8.00. The van der Waals surface area contributed by atoms with E-state index in [-0.39, 0.29) is 23.7 Å². The molecule has 3 aromatic carbocycles. The number of hydrogen-bond acceptors (Lipinski definition) is 7. The Hall–Kier alpha value is -4.17. The lowest BCUT2D eigenvalue weighted by molar-refractivity contribution is -0.121. The highest BCUT2D eigenvalue weighted by Crippen LogP contribution is 2.51. The van der Waals surface area contributed by atoms with Gasteiger partial charge < -0.3 is 29.7 Å². The standard InChI is InChI=1S/C33H36ClN3O5/c1-33(2)16-24-31(26(38)17-33)32(22-14-28(41-4)29(42-5)15-27(22)40-3)37(25-9-7-6-8-23(25)36-24)19-30(39)35-18-20-10-12-21(34)13-11-20/h6-15,32,36H,16-19H2,1-5H3,(H,35,39). The lowest BCUT2D eigenvalue weighted by Crippen LogP contribution is -2.42. The van der Waals surface area contributed by atoms with Crippen molar-refractivity contribution in [3.8, 4) is 17.2 Å². The monoisotopic (exact) mass is 589 g/mol. The summed E-state index contributed by atoms with van der Waals surface area (Å²) in [6, 6.07) is 18.1. The molecule has 2 N–H and O–H groups in total. The molecule has 220 valence electrons. The zero-order valence-electron chi connectivity index (χ0n) is 24.5. The van der Waals surface area contributed by atoms with Crippen LogP contribution in [0.25, 0.3) is 0 Å². The summed E-state index contributed by atoms with van der Waals surface area (Å²) >= 11 is 6.03. The number of amides is 1. The normalized spacial score (nSPS) is 17.4. The number of methoxy groups -OCH3 is 3. The molecule has 8 nitrogen and oxygen atoms in total. The zero-order valence-corrected chi connectivity index (χ0v) is 25.3. The van der Waals surface area contributed by atoms with Gasteiger partial charge in [0, 0.05) is 40.9 Å². The first-order valence-electron chi connectivity index (χ1n) is 13.8. The Morgan fingerprint density at radius 2 is 1.64 bits per heavy atom. The van der Waals surface area contributed by atoms with Crippen LogP contribution < -0.4 is 29.7 Å². The summed E-state index contributed by atoms with van der Waals surface area (Å²) in [5, 5.41) is 7.25. The maximum atomic E-state index is 14.0. The molecular weight excluding hydrogens is 554 g/mol. The van der Waals surface area contributed by atoms with E-state index in [4.69, 9.17) is 25.8 Å². The number of carbonyl (C=O) groups excluding carboxylic acids is 2. The number of ketones is 1.